The van der Waals surface area contributed by atoms with Crippen LogP contribution in [-0.2, 0) is 0 Å². The zero-order chi connectivity index (χ0) is 21.4. The van der Waals surface area contributed by atoms with Gasteiger partial charge in [0.1, 0.15) is 18.0 Å². The lowest BCUT2D eigenvalue weighted by atomic mass is 10.0. The van der Waals surface area contributed by atoms with Gasteiger partial charge in [0.15, 0.2) is 0 Å². The summed E-state index contributed by atoms with van der Waals surface area (Å²) < 4.78 is 14.6. The Morgan fingerprint density at radius 1 is 1.41 bits per heavy atom. The highest BCUT2D eigenvalue weighted by molar-refractivity contribution is 6.06. The van der Waals surface area contributed by atoms with Crippen LogP contribution in [0.4, 0.5) is 10.2 Å². The third kappa shape index (κ3) is 6.08. The number of β-amino-alcohol motifs (C(OH)–C–C–N with tert-alkyl or cyclic N) is 1. The molecule has 6 N–H and O–H groups in total. The van der Waals surface area contributed by atoms with E-state index in [4.69, 9.17) is 16.9 Å². The number of anilines is 1. The Kier molecular flexibility index (Phi) is 7.79. The van der Waals surface area contributed by atoms with E-state index in [2.05, 4.69) is 15.0 Å². The van der Waals surface area contributed by atoms with Gasteiger partial charge in [-0.2, -0.15) is 0 Å². The maximum atomic E-state index is 14.6. The average molecular weight is 399 g/mol. The van der Waals surface area contributed by atoms with E-state index in [1.807, 2.05) is 4.90 Å². The third-order valence-electron chi connectivity index (χ3n) is 4.20. The first kappa shape index (κ1) is 22.0. The number of rotatable bonds is 7. The van der Waals surface area contributed by atoms with E-state index in [0.29, 0.717) is 42.3 Å². The van der Waals surface area contributed by atoms with Crippen molar-refractivity contribution in [1.82, 2.24) is 9.97 Å². The van der Waals surface area contributed by atoms with Crippen molar-refractivity contribution in [2.45, 2.75) is 19.4 Å². The van der Waals surface area contributed by atoms with Gasteiger partial charge < -0.3 is 21.5 Å². The van der Waals surface area contributed by atoms with Gasteiger partial charge in [-0.1, -0.05) is 0 Å². The highest BCUT2D eigenvalue weighted by Gasteiger charge is 2.21. The number of nitrogens with zero attached hydrogens (tertiary/aromatic N) is 4. The first-order chi connectivity index (χ1) is 13.8. The fourth-order valence-corrected chi connectivity index (χ4v) is 2.80. The molecule has 2 rings (SSSR count). The summed E-state index contributed by atoms with van der Waals surface area (Å²) in [6.07, 6.45) is 8.34. The van der Waals surface area contributed by atoms with Gasteiger partial charge in [-0.25, -0.2) is 14.4 Å². The molecule has 0 amide bonds. The molecule has 9 heteroatoms. The molecule has 0 aromatic carbocycles. The van der Waals surface area contributed by atoms with Crippen molar-refractivity contribution in [1.29, 1.82) is 5.41 Å². The molecule has 0 radical (unpaired) electrons. The van der Waals surface area contributed by atoms with Crippen LogP contribution in [0, 0.1) is 5.41 Å². The van der Waals surface area contributed by atoms with E-state index in [-0.39, 0.29) is 17.4 Å². The van der Waals surface area contributed by atoms with Crippen molar-refractivity contribution in [2.24, 2.45) is 16.5 Å². The van der Waals surface area contributed by atoms with Crippen LogP contribution in [0.3, 0.4) is 0 Å². The molecule has 1 atom stereocenters. The number of aliphatic hydroxyl groups is 1. The van der Waals surface area contributed by atoms with Crippen molar-refractivity contribution in [3.05, 3.63) is 65.2 Å². The highest BCUT2D eigenvalue weighted by atomic mass is 19.1. The Morgan fingerprint density at radius 2 is 2.17 bits per heavy atom. The number of aliphatic imine (C=N–C) groups is 1. The summed E-state index contributed by atoms with van der Waals surface area (Å²) in [5.41, 5.74) is 12.4. The Bertz CT molecular complexity index is 898. The van der Waals surface area contributed by atoms with Crippen molar-refractivity contribution in [3.63, 3.8) is 0 Å². The number of halogens is 1. The molecule has 1 aromatic heterocycles. The molecule has 0 spiro atoms. The minimum atomic E-state index is -0.597. The van der Waals surface area contributed by atoms with E-state index >= 15 is 0 Å². The number of allylic oxidation sites excluding steroid dienone is 7. The van der Waals surface area contributed by atoms with Crippen LogP contribution in [0.1, 0.15) is 19.0 Å². The average Bonchev–Trinajstić information content (AvgIpc) is 3.13. The smallest absolute Gasteiger partial charge is 0.132 e. The second-order valence-electron chi connectivity index (χ2n) is 6.56. The van der Waals surface area contributed by atoms with E-state index < -0.39 is 5.83 Å². The van der Waals surface area contributed by atoms with Gasteiger partial charge in [0.05, 0.1) is 17.5 Å². The second-order valence-corrected chi connectivity index (χ2v) is 6.56. The summed E-state index contributed by atoms with van der Waals surface area (Å²) in [6, 6.07) is 1.67. The van der Waals surface area contributed by atoms with Crippen LogP contribution in [0.15, 0.2) is 64.5 Å². The molecule has 8 nitrogen and oxygen atoms in total. The Balaban J connectivity index is 2.31. The van der Waals surface area contributed by atoms with Gasteiger partial charge in [-0.05, 0) is 31.6 Å². The maximum Gasteiger partial charge on any atom is 0.132 e. The normalized spacial score (nSPS) is 19.3. The van der Waals surface area contributed by atoms with Crippen molar-refractivity contribution in [2.75, 3.05) is 25.0 Å². The number of hydrogen-bond donors (Lipinski definition) is 4. The molecule has 1 aliphatic rings. The summed E-state index contributed by atoms with van der Waals surface area (Å²) in [5, 5.41) is 18.0. The molecule has 0 saturated carbocycles. The lowest BCUT2D eigenvalue weighted by molar-refractivity contribution is 0.198. The molecule has 29 heavy (non-hydrogen) atoms. The van der Waals surface area contributed by atoms with Crippen LogP contribution in [-0.4, -0.2) is 53.2 Å². The van der Waals surface area contributed by atoms with Gasteiger partial charge in [-0.3, -0.25) is 10.4 Å². The predicted octanol–water partition coefficient (Wildman–Crippen LogP) is 1.60. The predicted molar refractivity (Wildman–Crippen MR) is 114 cm³/mol. The van der Waals surface area contributed by atoms with Crippen molar-refractivity contribution >= 4 is 17.7 Å². The number of nitrogens with two attached hydrogens (primary N) is 2. The van der Waals surface area contributed by atoms with Crippen LogP contribution < -0.4 is 16.4 Å². The molecule has 0 aliphatic carbocycles. The topological polar surface area (TPSA) is 138 Å². The summed E-state index contributed by atoms with van der Waals surface area (Å²) >= 11 is 0. The van der Waals surface area contributed by atoms with Gasteiger partial charge in [-0.15, -0.1) is 0 Å². The number of aromatic nitrogens is 2. The maximum absolute atomic E-state index is 14.6. The molecule has 1 fully saturated rings. The van der Waals surface area contributed by atoms with Gasteiger partial charge in [0.25, 0.3) is 0 Å². The van der Waals surface area contributed by atoms with Gasteiger partial charge >= 0.3 is 0 Å². The zero-order valence-electron chi connectivity index (χ0n) is 16.5. The number of hydrogen-bond acceptors (Lipinski definition) is 8. The first-order valence-electron chi connectivity index (χ1n) is 9.05. The Hall–Kier alpha value is -3.33. The minimum Gasteiger partial charge on any atom is -0.404 e. The van der Waals surface area contributed by atoms with Crippen LogP contribution in [0.25, 0.3) is 0 Å². The third-order valence-corrected chi connectivity index (χ3v) is 4.20. The van der Waals surface area contributed by atoms with Crippen LogP contribution >= 0.6 is 0 Å². The molecular weight excluding hydrogens is 373 g/mol. The van der Waals surface area contributed by atoms with E-state index in [1.165, 1.54) is 37.0 Å². The molecule has 154 valence electrons. The van der Waals surface area contributed by atoms with E-state index in [0.717, 1.165) is 0 Å². The molecule has 2 heterocycles. The van der Waals surface area contributed by atoms with E-state index in [9.17, 15) is 9.50 Å². The van der Waals surface area contributed by atoms with Crippen molar-refractivity contribution in [3.8, 4) is 0 Å². The fourth-order valence-electron chi connectivity index (χ4n) is 2.80. The lowest BCUT2D eigenvalue weighted by Crippen LogP contribution is -2.22. The van der Waals surface area contributed by atoms with E-state index in [1.54, 1.807) is 20.0 Å². The largest absolute Gasteiger partial charge is 0.404 e. The molecule has 1 aromatic rings. The summed E-state index contributed by atoms with van der Waals surface area (Å²) in [7, 11) is 1.55. The monoisotopic (exact) mass is 399 g/mol. The lowest BCUT2D eigenvalue weighted by Gasteiger charge is -2.16. The molecule has 0 unspecified atom stereocenters. The van der Waals surface area contributed by atoms with Gasteiger partial charge in [0.2, 0.25) is 0 Å². The summed E-state index contributed by atoms with van der Waals surface area (Å²) in [5.74, 6) is 0.0362. The summed E-state index contributed by atoms with van der Waals surface area (Å²) in [6.45, 7) is 2.74. The fraction of sp³-hybridized carbons (Fsp3) is 0.300. The molecule has 0 bridgehead atoms. The zero-order valence-corrected chi connectivity index (χ0v) is 16.5. The molecule has 1 saturated heterocycles. The minimum absolute atomic E-state index is 0.0666. The Morgan fingerprint density at radius 3 is 2.76 bits per heavy atom. The standard InChI is InChI=1S/C20H26FN7O/c1-13(23)7-17(21)16(14(9-22)10-25-2)3-4-18(24)19-8-20(27-12-26-19)28-6-5-15(29)11-28/h3-4,7-10,12,15,24,29H,5-6,11,22-23H2,1-2H3/b4-3+,13-7+,14-9?,17-16-,24-18?,25-10?/t15-/m0/s1. The number of aliphatic hydroxyl groups excluding tert-OH is 1. The Labute approximate surface area is 169 Å². The quantitative estimate of drug-likeness (QED) is 0.406. The van der Waals surface area contributed by atoms with Crippen LogP contribution in [0.2, 0.25) is 0 Å². The van der Waals surface area contributed by atoms with Crippen molar-refractivity contribution < 1.29 is 9.50 Å². The summed E-state index contributed by atoms with van der Waals surface area (Å²) in [4.78, 5) is 14.1. The number of nitrogens with one attached hydrogen (secondary N) is 1. The molecular formula is C20H26FN7O. The first-order valence-corrected chi connectivity index (χ1v) is 9.05. The second kappa shape index (κ2) is 10.3. The highest BCUT2D eigenvalue weighted by Crippen LogP contribution is 2.20. The SMILES string of the molecule is CN=CC(=CN)C(/C=C/C(=N)c1cc(N2CC[C@H](O)C2)ncn1)=C(F)/C=C(\C)N. The van der Waals surface area contributed by atoms with Gasteiger partial charge in [0, 0.05) is 55.5 Å². The molecule has 1 aliphatic heterocycles. The van der Waals surface area contributed by atoms with Crippen LogP contribution in [0.5, 0.6) is 0 Å².